The summed E-state index contributed by atoms with van der Waals surface area (Å²) in [6, 6.07) is 15.2. The van der Waals surface area contributed by atoms with Crippen LogP contribution >= 0.6 is 0 Å². The van der Waals surface area contributed by atoms with Crippen molar-refractivity contribution >= 4 is 17.6 Å². The van der Waals surface area contributed by atoms with Crippen molar-refractivity contribution < 1.29 is 38.4 Å². The molecule has 41 heavy (non-hydrogen) atoms. The summed E-state index contributed by atoms with van der Waals surface area (Å²) < 4.78 is 30.0. The molecule has 2 aromatic rings. The molecule has 0 bridgehead atoms. The van der Waals surface area contributed by atoms with E-state index in [1.807, 2.05) is 42.5 Å². The Kier molecular flexibility index (Phi) is 9.38. The summed E-state index contributed by atoms with van der Waals surface area (Å²) in [5.74, 6) is -1.32. The number of carbonyl (C=O) groups excluding carboxylic acids is 2. The van der Waals surface area contributed by atoms with Crippen LogP contribution in [-0.2, 0) is 39.9 Å². The van der Waals surface area contributed by atoms with Crippen LogP contribution < -0.4 is 5.32 Å². The van der Waals surface area contributed by atoms with Gasteiger partial charge in [-0.05, 0) is 30.2 Å². The molecule has 0 aromatic heterocycles. The maximum Gasteiger partial charge on any atom is 0.303 e. The average Bonchev–Trinajstić information content (AvgIpc) is 3.43. The van der Waals surface area contributed by atoms with Crippen molar-refractivity contribution in [3.63, 3.8) is 0 Å². The van der Waals surface area contributed by atoms with E-state index in [-0.39, 0.29) is 24.7 Å². The van der Waals surface area contributed by atoms with Gasteiger partial charge in [0.1, 0.15) is 0 Å². The molecule has 3 heterocycles. The second kappa shape index (κ2) is 13.0. The molecule has 222 valence electrons. The van der Waals surface area contributed by atoms with Crippen molar-refractivity contribution in [3.8, 4) is 0 Å². The molecule has 0 aliphatic carbocycles. The lowest BCUT2D eigenvalue weighted by Gasteiger charge is -2.44. The summed E-state index contributed by atoms with van der Waals surface area (Å²) in [5, 5.41) is 12.3. The molecule has 5 atom stereocenters. The second-order valence-corrected chi connectivity index (χ2v) is 11.1. The van der Waals surface area contributed by atoms with Crippen molar-refractivity contribution in [3.05, 3.63) is 65.2 Å². The molecule has 2 N–H and O–H groups in total. The minimum atomic E-state index is -0.918. The fraction of sp³-hybridized carbons (Fsp3) is 0.548. The van der Waals surface area contributed by atoms with Gasteiger partial charge in [0, 0.05) is 56.6 Å². The van der Waals surface area contributed by atoms with Crippen molar-refractivity contribution in [2.24, 2.45) is 5.92 Å². The molecule has 5 rings (SSSR count). The molecule has 3 aliphatic heterocycles. The highest BCUT2D eigenvalue weighted by molar-refractivity contribution is 5.95. The third-order valence-corrected chi connectivity index (χ3v) is 8.13. The smallest absolute Gasteiger partial charge is 0.303 e. The fourth-order valence-electron chi connectivity index (χ4n) is 5.75. The zero-order valence-electron chi connectivity index (χ0n) is 23.9. The molecule has 1 spiro atoms. The Balaban J connectivity index is 1.33. The highest BCUT2D eigenvalue weighted by Crippen LogP contribution is 2.42. The Morgan fingerprint density at radius 3 is 2.44 bits per heavy atom. The number of nitrogens with zero attached hydrogens (tertiary/aromatic N) is 1. The first-order valence-corrected chi connectivity index (χ1v) is 14.3. The van der Waals surface area contributed by atoms with E-state index in [2.05, 4.69) is 17.1 Å². The molecule has 2 aromatic carbocycles. The third kappa shape index (κ3) is 7.14. The monoisotopic (exact) mass is 568 g/mol. The predicted molar refractivity (Wildman–Crippen MR) is 150 cm³/mol. The lowest BCUT2D eigenvalue weighted by molar-refractivity contribution is -0.278. The summed E-state index contributed by atoms with van der Waals surface area (Å²) in [6.07, 6.45) is -0.303. The summed E-state index contributed by atoms with van der Waals surface area (Å²) in [6.45, 7) is 8.68. The molecule has 3 aliphatic rings. The van der Waals surface area contributed by atoms with Crippen molar-refractivity contribution in [1.29, 1.82) is 0 Å². The van der Waals surface area contributed by atoms with Gasteiger partial charge in [-0.25, -0.2) is 0 Å². The number of piperidine rings is 1. The van der Waals surface area contributed by atoms with Crippen LogP contribution in [0.5, 0.6) is 0 Å². The first-order valence-electron chi connectivity index (χ1n) is 14.3. The molecular formula is C31H40N2O8. The quantitative estimate of drug-likeness (QED) is 0.460. The van der Waals surface area contributed by atoms with Gasteiger partial charge in [-0.3, -0.25) is 9.59 Å². The summed E-state index contributed by atoms with van der Waals surface area (Å²) in [5.41, 5.74) is 3.17. The number of hydrogen-bond donors (Lipinski definition) is 2. The zero-order chi connectivity index (χ0) is 29.0. The number of carbonyl (C=O) groups is 2. The second-order valence-electron chi connectivity index (χ2n) is 11.1. The lowest BCUT2D eigenvalue weighted by Crippen LogP contribution is -2.50. The van der Waals surface area contributed by atoms with Gasteiger partial charge in [-0.2, -0.15) is 0 Å². The van der Waals surface area contributed by atoms with Gasteiger partial charge in [0.2, 0.25) is 0 Å². The first kappa shape index (κ1) is 29.6. The Morgan fingerprint density at radius 2 is 1.78 bits per heavy atom. The topological polar surface area (TPSA) is 116 Å². The summed E-state index contributed by atoms with van der Waals surface area (Å²) in [4.78, 5) is 26.2. The molecule has 3 saturated heterocycles. The molecule has 3 fully saturated rings. The van der Waals surface area contributed by atoms with Crippen LogP contribution in [0.15, 0.2) is 48.5 Å². The third-order valence-electron chi connectivity index (χ3n) is 8.13. The number of aliphatic hydroxyl groups excluding tert-OH is 1. The van der Waals surface area contributed by atoms with Crippen molar-refractivity contribution in [2.75, 3.05) is 38.2 Å². The zero-order valence-corrected chi connectivity index (χ0v) is 23.9. The molecule has 0 radical (unpaired) electrons. The van der Waals surface area contributed by atoms with Crippen molar-refractivity contribution in [1.82, 2.24) is 4.90 Å². The lowest BCUT2D eigenvalue weighted by atomic mass is 9.89. The number of amides is 1. The average molecular weight is 569 g/mol. The normalized spacial score (nSPS) is 26.9. The Hall–Kier alpha value is -2.86. The molecular weight excluding hydrogens is 528 g/mol. The van der Waals surface area contributed by atoms with Crippen LogP contribution in [0.4, 0.5) is 5.69 Å². The Bertz CT molecular complexity index is 1190. The molecule has 0 saturated carbocycles. The summed E-state index contributed by atoms with van der Waals surface area (Å²) in [7, 11) is 0. The van der Waals surface area contributed by atoms with E-state index in [9.17, 15) is 14.7 Å². The maximum absolute atomic E-state index is 12.5. The first-order chi connectivity index (χ1) is 19.7. The van der Waals surface area contributed by atoms with Gasteiger partial charge in [0.25, 0.3) is 5.91 Å². The minimum Gasteiger partial charge on any atom is -0.453 e. The van der Waals surface area contributed by atoms with Gasteiger partial charge in [-0.15, -0.1) is 0 Å². The number of benzene rings is 2. The number of hydrogen-bond acceptors (Lipinski definition) is 9. The predicted octanol–water partition coefficient (Wildman–Crippen LogP) is 3.70. The molecule has 1 amide bonds. The Labute approximate surface area is 240 Å². The van der Waals surface area contributed by atoms with E-state index in [0.717, 1.165) is 49.2 Å². The van der Waals surface area contributed by atoms with Crippen LogP contribution in [0.1, 0.15) is 62.7 Å². The van der Waals surface area contributed by atoms with Crippen LogP contribution in [-0.4, -0.2) is 72.7 Å². The van der Waals surface area contributed by atoms with E-state index >= 15 is 0 Å². The van der Waals surface area contributed by atoms with Crippen LogP contribution in [0.2, 0.25) is 0 Å². The van der Waals surface area contributed by atoms with E-state index in [1.165, 1.54) is 13.8 Å². The number of rotatable bonds is 8. The number of likely N-dealkylation sites (tertiary alicyclic amines) is 1. The SMILES string of the molecule is CC(=O)OC(C)C(=O)Nc1cccc(C2OC(CN3CCC4(CC3)OCCO4)C(C)C(c3ccc(CO)cc3)O2)c1. The van der Waals surface area contributed by atoms with E-state index in [0.29, 0.717) is 18.9 Å². The number of anilines is 1. The fourth-order valence-corrected chi connectivity index (χ4v) is 5.75. The van der Waals surface area contributed by atoms with Gasteiger partial charge >= 0.3 is 5.97 Å². The molecule has 5 unspecified atom stereocenters. The van der Waals surface area contributed by atoms with Crippen molar-refractivity contribution in [2.45, 2.75) is 70.6 Å². The number of ether oxygens (including phenoxy) is 5. The van der Waals surface area contributed by atoms with Gasteiger partial charge in [0.15, 0.2) is 18.2 Å². The largest absolute Gasteiger partial charge is 0.453 e. The number of nitrogens with one attached hydrogen (secondary N) is 1. The number of aliphatic hydroxyl groups is 1. The molecule has 10 heteroatoms. The van der Waals surface area contributed by atoms with Crippen LogP contribution in [0, 0.1) is 5.92 Å². The van der Waals surface area contributed by atoms with Gasteiger partial charge in [-0.1, -0.05) is 43.3 Å². The minimum absolute atomic E-state index is 0.0197. The molecule has 10 nitrogen and oxygen atoms in total. The van der Waals surface area contributed by atoms with Crippen LogP contribution in [0.3, 0.4) is 0 Å². The standard InChI is InChI=1S/C31H40N2O8/c1-20-27(18-33-13-11-31(12-14-33)37-15-16-38-31)40-30(41-28(20)24-9-7-23(19-34)8-10-24)25-5-4-6-26(17-25)32-29(36)21(2)39-22(3)35/h4-10,17,20-21,27-28,30,34H,11-16,18-19H2,1-3H3,(H,32,36). The van der Waals surface area contributed by atoms with Gasteiger partial charge in [0.05, 0.1) is 32.0 Å². The Morgan fingerprint density at radius 1 is 1.07 bits per heavy atom. The highest BCUT2D eigenvalue weighted by Gasteiger charge is 2.43. The maximum atomic E-state index is 12.5. The van der Waals surface area contributed by atoms with E-state index < -0.39 is 30.1 Å². The van der Waals surface area contributed by atoms with Crippen LogP contribution in [0.25, 0.3) is 0 Å². The van der Waals surface area contributed by atoms with E-state index in [1.54, 1.807) is 6.07 Å². The van der Waals surface area contributed by atoms with Gasteiger partial charge < -0.3 is 39.0 Å². The highest BCUT2D eigenvalue weighted by atomic mass is 16.7. The number of esters is 1. The summed E-state index contributed by atoms with van der Waals surface area (Å²) >= 11 is 0. The van der Waals surface area contributed by atoms with E-state index in [4.69, 9.17) is 23.7 Å².